The molecule has 1 heterocycles. The quantitative estimate of drug-likeness (QED) is 0.606. The number of rotatable bonds is 6. The third-order valence-electron chi connectivity index (χ3n) is 3.88. The van der Waals surface area contributed by atoms with Crippen LogP contribution in [-0.2, 0) is 23.8 Å². The van der Waals surface area contributed by atoms with Crippen LogP contribution in [0.15, 0.2) is 59.7 Å². The average Bonchev–Trinajstić information content (AvgIpc) is 2.65. The molecule has 1 aromatic rings. The predicted molar refractivity (Wildman–Crippen MR) is 96.7 cm³/mol. The SMILES string of the molecule is C=CCOC(=O)C1=C(N)OC(C)=C(C(=O)OCC)C1c1cccc(C#N)c1. The lowest BCUT2D eigenvalue weighted by atomic mass is 9.82. The number of allylic oxidation sites excluding steroid dienone is 1. The molecule has 0 spiro atoms. The maximum absolute atomic E-state index is 12.6. The van der Waals surface area contributed by atoms with Crippen LogP contribution < -0.4 is 5.73 Å². The summed E-state index contributed by atoms with van der Waals surface area (Å²) < 4.78 is 15.7. The zero-order valence-corrected chi connectivity index (χ0v) is 15.2. The number of benzene rings is 1. The molecule has 27 heavy (non-hydrogen) atoms. The van der Waals surface area contributed by atoms with E-state index in [0.29, 0.717) is 11.1 Å². The highest BCUT2D eigenvalue weighted by Crippen LogP contribution is 2.40. The van der Waals surface area contributed by atoms with Crippen LogP contribution in [0.3, 0.4) is 0 Å². The van der Waals surface area contributed by atoms with Gasteiger partial charge < -0.3 is 19.9 Å². The van der Waals surface area contributed by atoms with Gasteiger partial charge in [0.2, 0.25) is 5.88 Å². The summed E-state index contributed by atoms with van der Waals surface area (Å²) in [5.41, 5.74) is 6.95. The maximum Gasteiger partial charge on any atom is 0.340 e. The summed E-state index contributed by atoms with van der Waals surface area (Å²) in [6.45, 7) is 6.85. The number of esters is 2. The van der Waals surface area contributed by atoms with E-state index in [1.807, 2.05) is 6.07 Å². The van der Waals surface area contributed by atoms with E-state index >= 15 is 0 Å². The van der Waals surface area contributed by atoms with Gasteiger partial charge in [-0.3, -0.25) is 0 Å². The third-order valence-corrected chi connectivity index (χ3v) is 3.88. The second-order valence-corrected chi connectivity index (χ2v) is 5.63. The van der Waals surface area contributed by atoms with Crippen LogP contribution in [0.5, 0.6) is 0 Å². The fourth-order valence-electron chi connectivity index (χ4n) is 2.79. The van der Waals surface area contributed by atoms with E-state index in [-0.39, 0.29) is 36.0 Å². The monoisotopic (exact) mass is 368 g/mol. The van der Waals surface area contributed by atoms with Gasteiger partial charge in [-0.25, -0.2) is 9.59 Å². The summed E-state index contributed by atoms with van der Waals surface area (Å²) in [5, 5.41) is 9.20. The molecule has 7 heteroatoms. The molecule has 0 aliphatic carbocycles. The van der Waals surface area contributed by atoms with Gasteiger partial charge in [-0.15, -0.1) is 0 Å². The fraction of sp³-hybridized carbons (Fsp3) is 0.250. The molecule has 0 bridgehead atoms. The van der Waals surface area contributed by atoms with E-state index in [1.165, 1.54) is 6.08 Å². The van der Waals surface area contributed by atoms with E-state index in [0.717, 1.165) is 0 Å². The van der Waals surface area contributed by atoms with Crippen molar-refractivity contribution in [2.24, 2.45) is 5.73 Å². The Morgan fingerprint density at radius 1 is 1.33 bits per heavy atom. The molecule has 1 aromatic carbocycles. The molecule has 1 aliphatic heterocycles. The summed E-state index contributed by atoms with van der Waals surface area (Å²) >= 11 is 0. The molecule has 1 aliphatic rings. The van der Waals surface area contributed by atoms with Crippen LogP contribution in [0.1, 0.15) is 30.9 Å². The summed E-state index contributed by atoms with van der Waals surface area (Å²) in [6.07, 6.45) is 1.41. The minimum absolute atomic E-state index is 0.0272. The Kier molecular flexibility index (Phi) is 6.39. The lowest BCUT2D eigenvalue weighted by molar-refractivity contribution is -0.139. The Morgan fingerprint density at radius 2 is 2.04 bits per heavy atom. The Bertz CT molecular complexity index is 877. The fourth-order valence-corrected chi connectivity index (χ4v) is 2.79. The molecule has 0 saturated heterocycles. The van der Waals surface area contributed by atoms with Crippen molar-refractivity contribution in [3.05, 3.63) is 70.8 Å². The highest BCUT2D eigenvalue weighted by atomic mass is 16.5. The van der Waals surface area contributed by atoms with Crippen molar-refractivity contribution in [2.75, 3.05) is 13.2 Å². The van der Waals surface area contributed by atoms with E-state index < -0.39 is 17.9 Å². The van der Waals surface area contributed by atoms with Crippen molar-refractivity contribution in [2.45, 2.75) is 19.8 Å². The lowest BCUT2D eigenvalue weighted by Crippen LogP contribution is -2.30. The van der Waals surface area contributed by atoms with Gasteiger partial charge in [0.25, 0.3) is 0 Å². The lowest BCUT2D eigenvalue weighted by Gasteiger charge is -2.28. The van der Waals surface area contributed by atoms with Crippen LogP contribution in [0.2, 0.25) is 0 Å². The average molecular weight is 368 g/mol. The third kappa shape index (κ3) is 4.18. The molecule has 2 N–H and O–H groups in total. The molecule has 2 rings (SSSR count). The van der Waals surface area contributed by atoms with Gasteiger partial charge >= 0.3 is 11.9 Å². The second kappa shape index (κ2) is 8.72. The largest absolute Gasteiger partial charge is 0.463 e. The molecular formula is C20H20N2O5. The highest BCUT2D eigenvalue weighted by molar-refractivity contribution is 5.99. The van der Waals surface area contributed by atoms with E-state index in [1.54, 1.807) is 38.1 Å². The molecule has 1 atom stereocenters. The zero-order valence-electron chi connectivity index (χ0n) is 15.2. The first kappa shape index (κ1) is 19.8. The number of hydrogen-bond acceptors (Lipinski definition) is 7. The van der Waals surface area contributed by atoms with E-state index in [4.69, 9.17) is 19.9 Å². The Morgan fingerprint density at radius 3 is 2.67 bits per heavy atom. The number of nitrogens with two attached hydrogens (primary N) is 1. The van der Waals surface area contributed by atoms with Crippen molar-refractivity contribution in [1.29, 1.82) is 5.26 Å². The van der Waals surface area contributed by atoms with E-state index in [2.05, 4.69) is 6.58 Å². The molecule has 0 aromatic heterocycles. The zero-order chi connectivity index (χ0) is 20.0. The van der Waals surface area contributed by atoms with Gasteiger partial charge in [-0.2, -0.15) is 5.26 Å². The summed E-state index contributed by atoms with van der Waals surface area (Å²) in [5.74, 6) is -2.21. The molecule has 7 nitrogen and oxygen atoms in total. The van der Waals surface area contributed by atoms with Crippen molar-refractivity contribution in [3.63, 3.8) is 0 Å². The number of carbonyl (C=O) groups is 2. The summed E-state index contributed by atoms with van der Waals surface area (Å²) in [4.78, 5) is 25.2. The normalized spacial score (nSPS) is 16.3. The minimum atomic E-state index is -0.886. The first-order valence-corrected chi connectivity index (χ1v) is 8.28. The van der Waals surface area contributed by atoms with Crippen molar-refractivity contribution in [3.8, 4) is 6.07 Å². The number of carbonyl (C=O) groups excluding carboxylic acids is 2. The standard InChI is InChI=1S/C20H20N2O5/c1-4-9-26-20(24)17-16(14-8-6-7-13(10-14)11-21)15(19(23)25-5-2)12(3)27-18(17)22/h4,6-8,10,16H,1,5,9,22H2,2-3H3. The van der Waals surface area contributed by atoms with Gasteiger partial charge in [-0.05, 0) is 31.5 Å². The number of ether oxygens (including phenoxy) is 3. The van der Waals surface area contributed by atoms with Crippen LogP contribution in [-0.4, -0.2) is 25.2 Å². The predicted octanol–water partition coefficient (Wildman–Crippen LogP) is 2.41. The van der Waals surface area contributed by atoms with Crippen molar-refractivity contribution >= 4 is 11.9 Å². The first-order valence-electron chi connectivity index (χ1n) is 8.28. The van der Waals surface area contributed by atoms with Crippen molar-refractivity contribution in [1.82, 2.24) is 0 Å². The van der Waals surface area contributed by atoms with Crippen LogP contribution >= 0.6 is 0 Å². The Hall–Kier alpha value is -3.53. The first-order chi connectivity index (χ1) is 12.9. The van der Waals surface area contributed by atoms with Crippen LogP contribution in [0.25, 0.3) is 0 Å². The van der Waals surface area contributed by atoms with Gasteiger partial charge in [0.15, 0.2) is 0 Å². The Labute approximate surface area is 157 Å². The number of nitrogens with zero attached hydrogens (tertiary/aromatic N) is 1. The molecular weight excluding hydrogens is 348 g/mol. The smallest absolute Gasteiger partial charge is 0.340 e. The van der Waals surface area contributed by atoms with Crippen LogP contribution in [0.4, 0.5) is 0 Å². The molecule has 140 valence electrons. The van der Waals surface area contributed by atoms with Gasteiger partial charge in [0.05, 0.1) is 29.7 Å². The highest BCUT2D eigenvalue weighted by Gasteiger charge is 2.40. The topological polar surface area (TPSA) is 112 Å². The molecule has 0 fully saturated rings. The summed E-state index contributed by atoms with van der Waals surface area (Å²) in [7, 11) is 0. The van der Waals surface area contributed by atoms with Crippen molar-refractivity contribution < 1.29 is 23.8 Å². The molecule has 0 amide bonds. The van der Waals surface area contributed by atoms with Crippen LogP contribution in [0, 0.1) is 11.3 Å². The van der Waals surface area contributed by atoms with Gasteiger partial charge in [-0.1, -0.05) is 24.8 Å². The number of nitriles is 1. The second-order valence-electron chi connectivity index (χ2n) is 5.63. The number of hydrogen-bond donors (Lipinski definition) is 1. The minimum Gasteiger partial charge on any atom is -0.463 e. The summed E-state index contributed by atoms with van der Waals surface area (Å²) in [6, 6.07) is 8.58. The Balaban J connectivity index is 2.64. The van der Waals surface area contributed by atoms with E-state index in [9.17, 15) is 14.9 Å². The molecule has 0 radical (unpaired) electrons. The maximum atomic E-state index is 12.6. The van der Waals surface area contributed by atoms with Gasteiger partial charge in [0.1, 0.15) is 17.9 Å². The molecule has 0 saturated carbocycles. The molecule has 1 unspecified atom stereocenters. The van der Waals surface area contributed by atoms with Gasteiger partial charge in [0, 0.05) is 0 Å².